The number of benzene rings is 1. The van der Waals surface area contributed by atoms with Crippen molar-refractivity contribution in [1.29, 1.82) is 0 Å². The van der Waals surface area contributed by atoms with Crippen molar-refractivity contribution in [2.45, 2.75) is 19.3 Å². The van der Waals surface area contributed by atoms with Crippen molar-refractivity contribution < 1.29 is 14.4 Å². The molecule has 1 aromatic heterocycles. The number of aliphatic carboxylic acids is 1. The van der Waals surface area contributed by atoms with Crippen LogP contribution in [0.2, 0.25) is 0 Å². The highest BCUT2D eigenvalue weighted by molar-refractivity contribution is 5.78. The van der Waals surface area contributed by atoms with Gasteiger partial charge in [-0.05, 0) is 13.8 Å². The number of nitrogens with zero attached hydrogens (tertiary/aromatic N) is 2. The van der Waals surface area contributed by atoms with E-state index < -0.39 is 11.4 Å². The van der Waals surface area contributed by atoms with Gasteiger partial charge in [0.2, 0.25) is 11.7 Å². The van der Waals surface area contributed by atoms with Crippen molar-refractivity contribution in [1.82, 2.24) is 10.1 Å². The van der Waals surface area contributed by atoms with Gasteiger partial charge in [0.05, 0.1) is 0 Å². The summed E-state index contributed by atoms with van der Waals surface area (Å²) in [6, 6.07) is 9.26. The van der Waals surface area contributed by atoms with Crippen molar-refractivity contribution in [3.63, 3.8) is 0 Å². The summed E-state index contributed by atoms with van der Waals surface area (Å²) in [4.78, 5) is 15.2. The number of carboxylic acid groups (broad SMARTS) is 1. The first-order valence-electron chi connectivity index (χ1n) is 5.15. The fourth-order valence-electron chi connectivity index (χ4n) is 1.27. The Morgan fingerprint density at radius 1 is 1.29 bits per heavy atom. The van der Waals surface area contributed by atoms with Gasteiger partial charge in [-0.2, -0.15) is 4.98 Å². The first kappa shape index (κ1) is 11.3. The van der Waals surface area contributed by atoms with E-state index in [-0.39, 0.29) is 5.89 Å². The second-order valence-electron chi connectivity index (χ2n) is 4.22. The molecular formula is C12H12N2O3. The van der Waals surface area contributed by atoms with Crippen molar-refractivity contribution in [2.24, 2.45) is 0 Å². The van der Waals surface area contributed by atoms with Crippen LogP contribution in [0.25, 0.3) is 11.4 Å². The Morgan fingerprint density at radius 3 is 2.53 bits per heavy atom. The molecule has 1 heterocycles. The second-order valence-corrected chi connectivity index (χ2v) is 4.22. The normalized spacial score (nSPS) is 11.4. The fraction of sp³-hybridized carbons (Fsp3) is 0.250. The monoisotopic (exact) mass is 232 g/mol. The van der Waals surface area contributed by atoms with E-state index in [9.17, 15) is 4.79 Å². The Labute approximate surface area is 98.1 Å². The number of aromatic nitrogens is 2. The molecule has 1 aromatic carbocycles. The average Bonchev–Trinajstić information content (AvgIpc) is 2.80. The van der Waals surface area contributed by atoms with Crippen LogP contribution in [0.4, 0.5) is 0 Å². The molecule has 5 nitrogen and oxygen atoms in total. The van der Waals surface area contributed by atoms with Gasteiger partial charge in [-0.25, -0.2) is 0 Å². The summed E-state index contributed by atoms with van der Waals surface area (Å²) in [6.45, 7) is 3.05. The molecule has 0 aliphatic heterocycles. The van der Waals surface area contributed by atoms with E-state index in [1.165, 1.54) is 13.8 Å². The Bertz CT molecular complexity index is 532. The summed E-state index contributed by atoms with van der Waals surface area (Å²) in [7, 11) is 0. The molecule has 1 N–H and O–H groups in total. The molecule has 0 atom stereocenters. The number of rotatable bonds is 3. The predicted octanol–water partition coefficient (Wildman–Crippen LogP) is 2.10. The number of carbonyl (C=O) groups is 1. The van der Waals surface area contributed by atoms with Crippen LogP contribution in [0.1, 0.15) is 19.7 Å². The molecule has 0 fully saturated rings. The molecule has 0 bridgehead atoms. The Balaban J connectivity index is 2.38. The minimum absolute atomic E-state index is 0.101. The van der Waals surface area contributed by atoms with Gasteiger partial charge in [0.15, 0.2) is 0 Å². The lowest BCUT2D eigenvalue weighted by molar-refractivity contribution is -0.143. The molecule has 2 aromatic rings. The van der Waals surface area contributed by atoms with E-state index in [0.29, 0.717) is 5.82 Å². The zero-order valence-electron chi connectivity index (χ0n) is 9.54. The molecule has 17 heavy (non-hydrogen) atoms. The Kier molecular flexibility index (Phi) is 2.67. The third kappa shape index (κ3) is 2.04. The highest BCUT2D eigenvalue weighted by Gasteiger charge is 2.35. The third-order valence-corrected chi connectivity index (χ3v) is 2.53. The van der Waals surface area contributed by atoms with Gasteiger partial charge in [0.1, 0.15) is 5.41 Å². The highest BCUT2D eigenvalue weighted by atomic mass is 16.5. The summed E-state index contributed by atoms with van der Waals surface area (Å²) < 4.78 is 5.00. The first-order valence-corrected chi connectivity index (χ1v) is 5.15. The van der Waals surface area contributed by atoms with Crippen LogP contribution >= 0.6 is 0 Å². The zero-order valence-corrected chi connectivity index (χ0v) is 9.54. The van der Waals surface area contributed by atoms with E-state index in [0.717, 1.165) is 5.56 Å². The zero-order chi connectivity index (χ0) is 12.5. The molecule has 0 aliphatic rings. The van der Waals surface area contributed by atoms with Crippen molar-refractivity contribution in [3.05, 3.63) is 36.2 Å². The fourth-order valence-corrected chi connectivity index (χ4v) is 1.27. The van der Waals surface area contributed by atoms with Gasteiger partial charge in [0.25, 0.3) is 0 Å². The van der Waals surface area contributed by atoms with E-state index in [1.807, 2.05) is 30.3 Å². The summed E-state index contributed by atoms with van der Waals surface area (Å²) in [5.74, 6) is -0.500. The maximum atomic E-state index is 11.0. The van der Waals surface area contributed by atoms with Crippen LogP contribution < -0.4 is 0 Å². The largest absolute Gasteiger partial charge is 0.480 e. The van der Waals surface area contributed by atoms with E-state index in [2.05, 4.69) is 10.1 Å². The molecule has 0 radical (unpaired) electrons. The molecule has 0 saturated heterocycles. The summed E-state index contributed by atoms with van der Waals surface area (Å²) >= 11 is 0. The van der Waals surface area contributed by atoms with Crippen molar-refractivity contribution >= 4 is 5.97 Å². The van der Waals surface area contributed by atoms with Gasteiger partial charge in [-0.15, -0.1) is 0 Å². The molecule has 0 amide bonds. The van der Waals surface area contributed by atoms with E-state index in [4.69, 9.17) is 9.63 Å². The first-order chi connectivity index (χ1) is 8.01. The average molecular weight is 232 g/mol. The Hall–Kier alpha value is -2.17. The lowest BCUT2D eigenvalue weighted by Gasteiger charge is -2.12. The minimum atomic E-state index is -1.18. The Morgan fingerprint density at radius 2 is 1.94 bits per heavy atom. The molecule has 0 aliphatic carbocycles. The van der Waals surface area contributed by atoms with Crippen LogP contribution in [0.5, 0.6) is 0 Å². The number of hydrogen-bond donors (Lipinski definition) is 1. The lowest BCUT2D eigenvalue weighted by atomic mass is 9.94. The molecule has 88 valence electrons. The summed E-state index contributed by atoms with van der Waals surface area (Å²) in [5, 5.41) is 12.8. The van der Waals surface area contributed by atoms with Gasteiger partial charge >= 0.3 is 5.97 Å². The lowest BCUT2D eigenvalue weighted by Crippen LogP contribution is -2.28. The van der Waals surface area contributed by atoms with Crippen LogP contribution in [0.15, 0.2) is 34.9 Å². The number of carboxylic acids is 1. The third-order valence-electron chi connectivity index (χ3n) is 2.53. The van der Waals surface area contributed by atoms with Gasteiger partial charge < -0.3 is 9.63 Å². The number of hydrogen-bond acceptors (Lipinski definition) is 4. The summed E-state index contributed by atoms with van der Waals surface area (Å²) in [6.07, 6.45) is 0. The molecular weight excluding hydrogens is 220 g/mol. The standard InChI is InChI=1S/C12H12N2O3/c1-12(2,11(15)16)10-13-9(14-17-10)8-6-4-3-5-7-8/h3-7H,1-2H3,(H,15,16). The van der Waals surface area contributed by atoms with Crippen LogP contribution in [0.3, 0.4) is 0 Å². The van der Waals surface area contributed by atoms with Gasteiger partial charge in [0, 0.05) is 5.56 Å². The van der Waals surface area contributed by atoms with Crippen LogP contribution in [0, 0.1) is 0 Å². The van der Waals surface area contributed by atoms with Gasteiger partial charge in [-0.1, -0.05) is 35.5 Å². The quantitative estimate of drug-likeness (QED) is 0.876. The van der Waals surface area contributed by atoms with Crippen molar-refractivity contribution in [3.8, 4) is 11.4 Å². The topological polar surface area (TPSA) is 76.2 Å². The van der Waals surface area contributed by atoms with Gasteiger partial charge in [-0.3, -0.25) is 4.79 Å². The minimum Gasteiger partial charge on any atom is -0.480 e. The molecule has 0 saturated carbocycles. The molecule has 0 spiro atoms. The van der Waals surface area contributed by atoms with Crippen LogP contribution in [-0.4, -0.2) is 21.2 Å². The second kappa shape index (κ2) is 4.01. The highest BCUT2D eigenvalue weighted by Crippen LogP contribution is 2.24. The SMILES string of the molecule is CC(C)(C(=O)O)c1nc(-c2ccccc2)no1. The molecule has 5 heteroatoms. The van der Waals surface area contributed by atoms with E-state index >= 15 is 0 Å². The smallest absolute Gasteiger partial charge is 0.318 e. The maximum absolute atomic E-state index is 11.0. The van der Waals surface area contributed by atoms with Crippen LogP contribution in [-0.2, 0) is 10.2 Å². The van der Waals surface area contributed by atoms with E-state index in [1.54, 1.807) is 0 Å². The summed E-state index contributed by atoms with van der Waals surface area (Å²) in [5.41, 5.74) is -0.385. The molecule has 2 rings (SSSR count). The molecule has 0 unspecified atom stereocenters. The maximum Gasteiger partial charge on any atom is 0.318 e. The predicted molar refractivity (Wildman–Crippen MR) is 60.4 cm³/mol. The van der Waals surface area contributed by atoms with Crippen molar-refractivity contribution in [2.75, 3.05) is 0 Å².